The lowest BCUT2D eigenvalue weighted by Crippen LogP contribution is -2.06. The Morgan fingerprint density at radius 3 is 2.53 bits per heavy atom. The minimum atomic E-state index is -0.784. The first-order valence-corrected chi connectivity index (χ1v) is 13.5. The Bertz CT molecular complexity index is 1590. The molecule has 1 saturated carbocycles. The molecule has 5 aromatic rings. The molecular weight excluding hydrogens is 472 g/mol. The summed E-state index contributed by atoms with van der Waals surface area (Å²) in [6, 6.07) is 29.7. The molecule has 4 aromatic carbocycles. The summed E-state index contributed by atoms with van der Waals surface area (Å²) in [6.45, 7) is 2.39. The third-order valence-electron chi connectivity index (χ3n) is 7.82. The molecule has 1 atom stereocenters. The number of aromatic nitrogens is 2. The average molecular weight is 505 g/mol. The van der Waals surface area contributed by atoms with Crippen LogP contribution >= 0.6 is 0 Å². The van der Waals surface area contributed by atoms with E-state index in [2.05, 4.69) is 65.3 Å². The second-order valence-corrected chi connectivity index (χ2v) is 10.5. The summed E-state index contributed by atoms with van der Waals surface area (Å²) < 4.78 is 8.39. The maximum Gasteiger partial charge on any atom is 0.303 e. The first kappa shape index (κ1) is 24.2. The molecule has 1 fully saturated rings. The average Bonchev–Trinajstić information content (AvgIpc) is 3.59. The largest absolute Gasteiger partial charge is 0.489 e. The molecule has 192 valence electrons. The molecule has 0 aliphatic heterocycles. The highest BCUT2D eigenvalue weighted by molar-refractivity contribution is 6.03. The van der Waals surface area contributed by atoms with E-state index in [-0.39, 0.29) is 12.3 Å². The van der Waals surface area contributed by atoms with Crippen LogP contribution in [0.3, 0.4) is 0 Å². The predicted octanol–water partition coefficient (Wildman–Crippen LogP) is 8.13. The SMILES string of the molecule is CC(CC(=O)O)c1ccc(OCc2ccc3c(-c4cccc5ccccc45)nn(C4CCCC4)c3c2)cc1. The van der Waals surface area contributed by atoms with Crippen LogP contribution in [0.1, 0.15) is 62.1 Å². The molecule has 0 saturated heterocycles. The van der Waals surface area contributed by atoms with Crippen molar-refractivity contribution < 1.29 is 14.6 Å². The van der Waals surface area contributed by atoms with E-state index >= 15 is 0 Å². The van der Waals surface area contributed by atoms with Crippen molar-refractivity contribution in [3.63, 3.8) is 0 Å². The van der Waals surface area contributed by atoms with E-state index < -0.39 is 5.97 Å². The Labute approximate surface area is 222 Å². The van der Waals surface area contributed by atoms with Crippen LogP contribution in [0.25, 0.3) is 32.9 Å². The van der Waals surface area contributed by atoms with Crippen LogP contribution in [-0.4, -0.2) is 20.9 Å². The lowest BCUT2D eigenvalue weighted by molar-refractivity contribution is -0.137. The van der Waals surface area contributed by atoms with Gasteiger partial charge in [0.2, 0.25) is 0 Å². The predicted molar refractivity (Wildman–Crippen MR) is 152 cm³/mol. The zero-order valence-corrected chi connectivity index (χ0v) is 21.6. The van der Waals surface area contributed by atoms with Crippen molar-refractivity contribution >= 4 is 27.6 Å². The molecule has 1 unspecified atom stereocenters. The smallest absolute Gasteiger partial charge is 0.303 e. The standard InChI is InChI=1S/C33H32N2O3/c1-22(19-32(36)37)24-14-16-27(17-15-24)38-21-23-13-18-30-31(20-23)35(26-9-3-4-10-26)34-33(30)29-12-6-8-25-7-2-5-11-28(25)29/h2,5-8,11-18,20,22,26H,3-4,9-10,19,21H2,1H3,(H,36,37). The molecule has 1 aliphatic rings. The molecule has 1 N–H and O–H groups in total. The summed E-state index contributed by atoms with van der Waals surface area (Å²) in [5.74, 6) is -0.0402. The van der Waals surface area contributed by atoms with Crippen molar-refractivity contribution in [3.8, 4) is 17.0 Å². The van der Waals surface area contributed by atoms with Gasteiger partial charge in [0.15, 0.2) is 0 Å². The number of carboxylic acid groups (broad SMARTS) is 1. The van der Waals surface area contributed by atoms with E-state index in [1.165, 1.54) is 52.9 Å². The Morgan fingerprint density at radius 1 is 0.974 bits per heavy atom. The number of hydrogen-bond donors (Lipinski definition) is 1. The Balaban J connectivity index is 1.31. The Hall–Kier alpha value is -4.12. The van der Waals surface area contributed by atoms with Gasteiger partial charge in [0.1, 0.15) is 18.1 Å². The van der Waals surface area contributed by atoms with Gasteiger partial charge in [-0.2, -0.15) is 5.10 Å². The molecule has 1 aromatic heterocycles. The Kier molecular flexibility index (Phi) is 6.59. The summed E-state index contributed by atoms with van der Waals surface area (Å²) in [6.07, 6.45) is 4.95. The first-order valence-electron chi connectivity index (χ1n) is 13.5. The Morgan fingerprint density at radius 2 is 1.74 bits per heavy atom. The summed E-state index contributed by atoms with van der Waals surface area (Å²) in [5.41, 5.74) is 5.49. The van der Waals surface area contributed by atoms with E-state index in [4.69, 9.17) is 14.9 Å². The van der Waals surface area contributed by atoms with Gasteiger partial charge in [-0.05, 0) is 58.9 Å². The zero-order chi connectivity index (χ0) is 26.1. The fraction of sp³-hybridized carbons (Fsp3) is 0.273. The van der Waals surface area contributed by atoms with Crippen LogP contribution in [0.4, 0.5) is 0 Å². The van der Waals surface area contributed by atoms with E-state index in [9.17, 15) is 4.79 Å². The van der Waals surface area contributed by atoms with Gasteiger partial charge in [-0.25, -0.2) is 0 Å². The third kappa shape index (κ3) is 4.76. The molecule has 0 amide bonds. The molecule has 0 spiro atoms. The number of ether oxygens (including phenoxy) is 1. The second kappa shape index (κ2) is 10.3. The zero-order valence-electron chi connectivity index (χ0n) is 21.6. The summed E-state index contributed by atoms with van der Waals surface area (Å²) in [4.78, 5) is 11.0. The third-order valence-corrected chi connectivity index (χ3v) is 7.82. The van der Waals surface area contributed by atoms with Gasteiger partial charge >= 0.3 is 5.97 Å². The van der Waals surface area contributed by atoms with Crippen LogP contribution in [0.15, 0.2) is 84.9 Å². The number of benzene rings is 4. The number of rotatable bonds is 8. The fourth-order valence-corrected chi connectivity index (χ4v) is 5.77. The van der Waals surface area contributed by atoms with Gasteiger partial charge in [-0.1, -0.05) is 86.5 Å². The molecule has 6 rings (SSSR count). The normalized spacial score (nSPS) is 14.8. The van der Waals surface area contributed by atoms with Gasteiger partial charge < -0.3 is 9.84 Å². The highest BCUT2D eigenvalue weighted by atomic mass is 16.5. The number of hydrogen-bond acceptors (Lipinski definition) is 3. The number of carbonyl (C=O) groups is 1. The van der Waals surface area contributed by atoms with Gasteiger partial charge in [-0.3, -0.25) is 9.48 Å². The molecule has 5 heteroatoms. The van der Waals surface area contributed by atoms with Crippen LogP contribution in [-0.2, 0) is 11.4 Å². The minimum absolute atomic E-state index is 0.0317. The summed E-state index contributed by atoms with van der Waals surface area (Å²) in [5, 5.41) is 17.9. The van der Waals surface area contributed by atoms with Crippen molar-refractivity contribution in [2.75, 3.05) is 0 Å². The molecule has 1 aliphatic carbocycles. The summed E-state index contributed by atoms with van der Waals surface area (Å²) >= 11 is 0. The monoisotopic (exact) mass is 504 g/mol. The quantitative estimate of drug-likeness (QED) is 0.232. The highest BCUT2D eigenvalue weighted by Gasteiger charge is 2.23. The molecular formula is C33H32N2O3. The van der Waals surface area contributed by atoms with Crippen LogP contribution in [0.5, 0.6) is 5.75 Å². The molecule has 5 nitrogen and oxygen atoms in total. The maximum atomic E-state index is 11.0. The van der Waals surface area contributed by atoms with Crippen molar-refractivity contribution in [3.05, 3.63) is 96.1 Å². The van der Waals surface area contributed by atoms with Crippen molar-refractivity contribution in [1.29, 1.82) is 0 Å². The van der Waals surface area contributed by atoms with Gasteiger partial charge in [0.05, 0.1) is 18.0 Å². The maximum absolute atomic E-state index is 11.0. The van der Waals surface area contributed by atoms with Gasteiger partial charge in [0.25, 0.3) is 0 Å². The molecule has 1 heterocycles. The molecule has 0 radical (unpaired) electrons. The van der Waals surface area contributed by atoms with E-state index in [1.54, 1.807) is 0 Å². The van der Waals surface area contributed by atoms with Gasteiger partial charge in [0, 0.05) is 10.9 Å². The van der Waals surface area contributed by atoms with Crippen molar-refractivity contribution in [2.45, 2.75) is 57.6 Å². The van der Waals surface area contributed by atoms with Gasteiger partial charge in [-0.15, -0.1) is 0 Å². The van der Waals surface area contributed by atoms with E-state index in [0.717, 1.165) is 22.6 Å². The van der Waals surface area contributed by atoms with Crippen LogP contribution < -0.4 is 4.74 Å². The summed E-state index contributed by atoms with van der Waals surface area (Å²) in [7, 11) is 0. The highest BCUT2D eigenvalue weighted by Crippen LogP contribution is 2.38. The molecule has 0 bridgehead atoms. The van der Waals surface area contributed by atoms with Crippen molar-refractivity contribution in [2.24, 2.45) is 0 Å². The van der Waals surface area contributed by atoms with E-state index in [0.29, 0.717) is 12.6 Å². The van der Waals surface area contributed by atoms with Crippen molar-refractivity contribution in [1.82, 2.24) is 9.78 Å². The first-order chi connectivity index (χ1) is 18.6. The number of fused-ring (bicyclic) bond motifs is 2. The van der Waals surface area contributed by atoms with Crippen LogP contribution in [0.2, 0.25) is 0 Å². The van der Waals surface area contributed by atoms with Crippen LogP contribution in [0, 0.1) is 0 Å². The number of aliphatic carboxylic acids is 1. The minimum Gasteiger partial charge on any atom is -0.489 e. The fourth-order valence-electron chi connectivity index (χ4n) is 5.77. The number of carboxylic acids is 1. The second-order valence-electron chi connectivity index (χ2n) is 10.5. The topological polar surface area (TPSA) is 64.3 Å². The molecule has 38 heavy (non-hydrogen) atoms. The lowest BCUT2D eigenvalue weighted by Gasteiger charge is -2.13. The number of nitrogens with zero attached hydrogens (tertiary/aromatic N) is 2. The van der Waals surface area contributed by atoms with E-state index in [1.807, 2.05) is 31.2 Å². The lowest BCUT2D eigenvalue weighted by atomic mass is 9.98.